The van der Waals surface area contributed by atoms with E-state index >= 15 is 0 Å². The minimum absolute atomic E-state index is 0.0249. The summed E-state index contributed by atoms with van der Waals surface area (Å²) in [6, 6.07) is 20.5. The van der Waals surface area contributed by atoms with Crippen molar-refractivity contribution in [3.63, 3.8) is 0 Å². The zero-order valence-electron chi connectivity index (χ0n) is 18.1. The third kappa shape index (κ3) is 4.55. The van der Waals surface area contributed by atoms with Crippen LogP contribution in [-0.2, 0) is 32.1 Å². The van der Waals surface area contributed by atoms with Crippen LogP contribution in [0, 0.1) is 0 Å². The first-order valence-electron chi connectivity index (χ1n) is 11.1. The molecule has 31 heavy (non-hydrogen) atoms. The zero-order valence-corrected chi connectivity index (χ0v) is 18.1. The summed E-state index contributed by atoms with van der Waals surface area (Å²) in [5.41, 5.74) is 2.32. The van der Waals surface area contributed by atoms with Gasteiger partial charge in [-0.25, -0.2) is 0 Å². The SMILES string of the molecule is CC1(C)O[C@H]2O[C@H]([C@@H]3C[C@@H](O)CN3Cc3ccccc3)[C@H](OCc3ccccc3)[C@H]2O1. The predicted molar refractivity (Wildman–Crippen MR) is 115 cm³/mol. The standard InChI is InChI=1S/C25H31NO5/c1-25(2)30-23-22(28-16-18-11-7-4-8-12-18)21(29-24(23)31-25)20-13-19(27)15-26(20)14-17-9-5-3-6-10-17/h3-12,19-24,27H,13-16H2,1-2H3/t19-,20+,21-,22+,23-,24-/m1/s1. The number of benzene rings is 2. The fourth-order valence-electron chi connectivity index (χ4n) is 5.02. The summed E-state index contributed by atoms with van der Waals surface area (Å²) < 4.78 is 25.0. The van der Waals surface area contributed by atoms with Crippen molar-refractivity contribution in [1.82, 2.24) is 4.90 Å². The van der Waals surface area contributed by atoms with Crippen molar-refractivity contribution in [3.05, 3.63) is 71.8 Å². The molecule has 2 aromatic carbocycles. The Bertz CT molecular complexity index is 861. The maximum absolute atomic E-state index is 10.5. The van der Waals surface area contributed by atoms with Crippen LogP contribution in [0.2, 0.25) is 0 Å². The third-order valence-electron chi connectivity index (χ3n) is 6.35. The number of hydrogen-bond acceptors (Lipinski definition) is 6. The van der Waals surface area contributed by atoms with E-state index in [0.717, 1.165) is 12.1 Å². The highest BCUT2D eigenvalue weighted by Gasteiger charge is 2.58. The molecular formula is C25H31NO5. The molecule has 2 aromatic rings. The highest BCUT2D eigenvalue weighted by atomic mass is 16.8. The van der Waals surface area contributed by atoms with Gasteiger partial charge in [0.05, 0.1) is 12.7 Å². The van der Waals surface area contributed by atoms with E-state index in [9.17, 15) is 5.11 Å². The van der Waals surface area contributed by atoms with Gasteiger partial charge in [0.1, 0.15) is 18.3 Å². The van der Waals surface area contributed by atoms with Crippen LogP contribution in [0.1, 0.15) is 31.4 Å². The Morgan fingerprint density at radius 2 is 1.65 bits per heavy atom. The maximum Gasteiger partial charge on any atom is 0.190 e. The van der Waals surface area contributed by atoms with Crippen LogP contribution in [-0.4, -0.2) is 59.1 Å². The molecule has 6 heteroatoms. The molecule has 5 rings (SSSR count). The number of aliphatic hydroxyl groups excluding tert-OH is 1. The molecule has 166 valence electrons. The van der Waals surface area contributed by atoms with Gasteiger partial charge in [-0.3, -0.25) is 4.90 Å². The molecule has 3 heterocycles. The first-order valence-corrected chi connectivity index (χ1v) is 11.1. The van der Waals surface area contributed by atoms with Crippen LogP contribution in [0.5, 0.6) is 0 Å². The lowest BCUT2D eigenvalue weighted by molar-refractivity contribution is -0.225. The summed E-state index contributed by atoms with van der Waals surface area (Å²) in [6.07, 6.45) is -1.01. The summed E-state index contributed by atoms with van der Waals surface area (Å²) in [5, 5.41) is 10.5. The number of aliphatic hydroxyl groups is 1. The Morgan fingerprint density at radius 3 is 2.35 bits per heavy atom. The molecule has 0 aromatic heterocycles. The van der Waals surface area contributed by atoms with Gasteiger partial charge in [-0.15, -0.1) is 0 Å². The van der Waals surface area contributed by atoms with Crippen molar-refractivity contribution in [1.29, 1.82) is 0 Å². The average Bonchev–Trinajstić information content (AvgIpc) is 3.37. The topological polar surface area (TPSA) is 60.4 Å². The lowest BCUT2D eigenvalue weighted by atomic mass is 10.00. The number of rotatable bonds is 6. The second-order valence-electron chi connectivity index (χ2n) is 9.20. The minimum Gasteiger partial charge on any atom is -0.392 e. The fraction of sp³-hybridized carbons (Fsp3) is 0.520. The van der Waals surface area contributed by atoms with E-state index in [4.69, 9.17) is 18.9 Å². The maximum atomic E-state index is 10.5. The second kappa shape index (κ2) is 8.62. The molecule has 3 aliphatic heterocycles. The Morgan fingerprint density at radius 1 is 0.968 bits per heavy atom. The van der Waals surface area contributed by atoms with Gasteiger partial charge in [-0.1, -0.05) is 60.7 Å². The van der Waals surface area contributed by atoms with Crippen LogP contribution in [0.3, 0.4) is 0 Å². The Labute approximate surface area is 183 Å². The molecule has 0 unspecified atom stereocenters. The van der Waals surface area contributed by atoms with Crippen molar-refractivity contribution in [3.8, 4) is 0 Å². The number of hydrogen-bond donors (Lipinski definition) is 1. The number of nitrogens with zero attached hydrogens (tertiary/aromatic N) is 1. The number of likely N-dealkylation sites (tertiary alicyclic amines) is 1. The number of β-amino-alcohol motifs (C(OH)–C–C–N with tert-alkyl or cyclic N) is 1. The largest absolute Gasteiger partial charge is 0.392 e. The highest BCUT2D eigenvalue weighted by molar-refractivity contribution is 5.16. The second-order valence-corrected chi connectivity index (χ2v) is 9.20. The van der Waals surface area contributed by atoms with Gasteiger partial charge in [0.2, 0.25) is 0 Å². The molecule has 3 saturated heterocycles. The third-order valence-corrected chi connectivity index (χ3v) is 6.35. The number of ether oxygens (including phenoxy) is 4. The average molecular weight is 426 g/mol. The summed E-state index contributed by atoms with van der Waals surface area (Å²) in [7, 11) is 0. The lowest BCUT2D eigenvalue weighted by Crippen LogP contribution is -2.47. The van der Waals surface area contributed by atoms with E-state index in [1.54, 1.807) is 0 Å². The monoisotopic (exact) mass is 425 g/mol. The summed E-state index contributed by atoms with van der Waals surface area (Å²) >= 11 is 0. The molecule has 6 atom stereocenters. The van der Waals surface area contributed by atoms with Gasteiger partial charge >= 0.3 is 0 Å². The van der Waals surface area contributed by atoms with Crippen LogP contribution < -0.4 is 0 Å². The molecular weight excluding hydrogens is 394 g/mol. The molecule has 0 radical (unpaired) electrons. The van der Waals surface area contributed by atoms with Crippen molar-refractivity contribution >= 4 is 0 Å². The lowest BCUT2D eigenvalue weighted by Gasteiger charge is -2.33. The first kappa shape index (κ1) is 21.1. The van der Waals surface area contributed by atoms with Gasteiger partial charge in [-0.05, 0) is 31.4 Å². The Balaban J connectivity index is 1.36. The van der Waals surface area contributed by atoms with Crippen LogP contribution >= 0.6 is 0 Å². The quantitative estimate of drug-likeness (QED) is 0.768. The first-order chi connectivity index (χ1) is 15.0. The molecule has 0 aliphatic carbocycles. The van der Waals surface area contributed by atoms with Crippen LogP contribution in [0.4, 0.5) is 0 Å². The van der Waals surface area contributed by atoms with E-state index in [0.29, 0.717) is 19.6 Å². The van der Waals surface area contributed by atoms with Gasteiger partial charge in [0.25, 0.3) is 0 Å². The summed E-state index contributed by atoms with van der Waals surface area (Å²) in [5.74, 6) is -0.701. The number of fused-ring (bicyclic) bond motifs is 1. The van der Waals surface area contributed by atoms with Crippen LogP contribution in [0.15, 0.2) is 60.7 Å². The zero-order chi connectivity index (χ0) is 21.4. The minimum atomic E-state index is -0.701. The Hall–Kier alpha value is -1.80. The van der Waals surface area contributed by atoms with Gasteiger partial charge in [-0.2, -0.15) is 0 Å². The molecule has 3 aliphatic rings. The van der Waals surface area contributed by atoms with Crippen molar-refractivity contribution in [2.24, 2.45) is 0 Å². The van der Waals surface area contributed by atoms with E-state index < -0.39 is 12.1 Å². The molecule has 0 bridgehead atoms. The van der Waals surface area contributed by atoms with E-state index in [1.165, 1.54) is 5.56 Å². The Kier molecular flexibility index (Phi) is 5.86. The van der Waals surface area contributed by atoms with Crippen LogP contribution in [0.25, 0.3) is 0 Å². The molecule has 0 saturated carbocycles. The smallest absolute Gasteiger partial charge is 0.190 e. The van der Waals surface area contributed by atoms with E-state index in [1.807, 2.05) is 50.2 Å². The van der Waals surface area contributed by atoms with E-state index in [2.05, 4.69) is 29.2 Å². The van der Waals surface area contributed by atoms with Gasteiger partial charge in [0, 0.05) is 19.1 Å². The van der Waals surface area contributed by atoms with E-state index in [-0.39, 0.29) is 30.5 Å². The molecule has 0 amide bonds. The summed E-state index contributed by atoms with van der Waals surface area (Å²) in [4.78, 5) is 2.30. The summed E-state index contributed by atoms with van der Waals surface area (Å²) in [6.45, 7) is 5.66. The van der Waals surface area contributed by atoms with Gasteiger partial charge in [0.15, 0.2) is 12.1 Å². The van der Waals surface area contributed by atoms with Crippen molar-refractivity contribution < 1.29 is 24.1 Å². The molecule has 1 N–H and O–H groups in total. The molecule has 6 nitrogen and oxygen atoms in total. The van der Waals surface area contributed by atoms with Gasteiger partial charge < -0.3 is 24.1 Å². The fourth-order valence-corrected chi connectivity index (χ4v) is 5.02. The van der Waals surface area contributed by atoms with Crippen molar-refractivity contribution in [2.75, 3.05) is 6.54 Å². The molecule has 3 fully saturated rings. The highest BCUT2D eigenvalue weighted by Crippen LogP contribution is 2.42. The predicted octanol–water partition coefficient (Wildman–Crippen LogP) is 3.08. The molecule has 0 spiro atoms. The normalized spacial score (nSPS) is 34.8. The van der Waals surface area contributed by atoms with Crippen molar-refractivity contribution in [2.45, 2.75) is 76.0 Å².